The second kappa shape index (κ2) is 9.71. The van der Waals surface area contributed by atoms with Gasteiger partial charge < -0.3 is 9.73 Å². The summed E-state index contributed by atoms with van der Waals surface area (Å²) in [4.78, 5) is 14.1. The number of sulfonamides is 1. The zero-order chi connectivity index (χ0) is 20.7. The van der Waals surface area contributed by atoms with E-state index in [-0.39, 0.29) is 28.8 Å². The maximum atomic E-state index is 12.4. The van der Waals surface area contributed by atoms with Gasteiger partial charge in [-0.1, -0.05) is 11.6 Å². The van der Waals surface area contributed by atoms with Crippen molar-refractivity contribution in [2.75, 3.05) is 32.5 Å². The number of halogens is 1. The number of nitrogens with zero attached hydrogens (tertiary/aromatic N) is 3. The van der Waals surface area contributed by atoms with Crippen LogP contribution in [-0.4, -0.2) is 50.7 Å². The lowest BCUT2D eigenvalue weighted by Gasteiger charge is -2.19. The summed E-state index contributed by atoms with van der Waals surface area (Å²) in [6, 6.07) is 9.86. The second-order valence-electron chi connectivity index (χ2n) is 6.18. The van der Waals surface area contributed by atoms with Crippen molar-refractivity contribution in [3.63, 3.8) is 0 Å². The molecule has 0 bridgehead atoms. The molecule has 0 aliphatic heterocycles. The van der Waals surface area contributed by atoms with E-state index in [1.54, 1.807) is 17.0 Å². The molecule has 1 amide bonds. The maximum absolute atomic E-state index is 12.4. The number of furan rings is 1. The van der Waals surface area contributed by atoms with E-state index in [0.29, 0.717) is 24.5 Å². The van der Waals surface area contributed by atoms with Crippen molar-refractivity contribution >= 4 is 33.2 Å². The van der Waals surface area contributed by atoms with Crippen LogP contribution >= 0.6 is 11.6 Å². The highest BCUT2D eigenvalue weighted by Gasteiger charge is 2.22. The van der Waals surface area contributed by atoms with Crippen LogP contribution in [0.15, 0.2) is 45.9 Å². The molecule has 2 rings (SSSR count). The van der Waals surface area contributed by atoms with Crippen molar-refractivity contribution < 1.29 is 17.6 Å². The van der Waals surface area contributed by atoms with Crippen molar-refractivity contribution in [2.24, 2.45) is 0 Å². The number of rotatable bonds is 9. The van der Waals surface area contributed by atoms with Gasteiger partial charge in [-0.15, -0.1) is 0 Å². The summed E-state index contributed by atoms with van der Waals surface area (Å²) >= 11 is 6.01. The fourth-order valence-electron chi connectivity index (χ4n) is 2.42. The minimum absolute atomic E-state index is 0.0147. The predicted molar refractivity (Wildman–Crippen MR) is 105 cm³/mol. The van der Waals surface area contributed by atoms with E-state index >= 15 is 0 Å². The highest BCUT2D eigenvalue weighted by Crippen LogP contribution is 2.26. The van der Waals surface area contributed by atoms with E-state index < -0.39 is 10.0 Å². The molecule has 1 N–H and O–H groups in total. The largest absolute Gasteiger partial charge is 0.468 e. The number of amides is 1. The molecule has 2 aromatic rings. The number of hydrogen-bond acceptors (Lipinski definition) is 6. The Morgan fingerprint density at radius 1 is 1.32 bits per heavy atom. The van der Waals surface area contributed by atoms with Gasteiger partial charge in [0.1, 0.15) is 10.7 Å². The van der Waals surface area contributed by atoms with Crippen molar-refractivity contribution in [2.45, 2.75) is 17.9 Å². The molecule has 150 valence electrons. The van der Waals surface area contributed by atoms with Gasteiger partial charge >= 0.3 is 0 Å². The number of anilines is 1. The van der Waals surface area contributed by atoms with E-state index in [1.165, 1.54) is 38.6 Å². The first-order valence-corrected chi connectivity index (χ1v) is 10.2. The molecule has 0 atom stereocenters. The van der Waals surface area contributed by atoms with E-state index in [9.17, 15) is 13.2 Å². The summed E-state index contributed by atoms with van der Waals surface area (Å²) in [6.07, 6.45) is 1.80. The van der Waals surface area contributed by atoms with Crippen LogP contribution in [0.3, 0.4) is 0 Å². The number of benzene rings is 1. The summed E-state index contributed by atoms with van der Waals surface area (Å²) in [7, 11) is -0.941. The predicted octanol–water partition coefficient (Wildman–Crippen LogP) is 2.54. The zero-order valence-electron chi connectivity index (χ0n) is 15.6. The van der Waals surface area contributed by atoms with Gasteiger partial charge in [-0.3, -0.25) is 9.69 Å². The molecule has 10 heteroatoms. The van der Waals surface area contributed by atoms with Crippen LogP contribution in [0.2, 0.25) is 5.02 Å². The van der Waals surface area contributed by atoms with Gasteiger partial charge in [0.05, 0.1) is 30.4 Å². The first kappa shape index (κ1) is 21.9. The summed E-state index contributed by atoms with van der Waals surface area (Å²) in [5.41, 5.74) is 0.313. The molecule has 0 unspecified atom stereocenters. The van der Waals surface area contributed by atoms with Gasteiger partial charge in [-0.2, -0.15) is 5.26 Å². The van der Waals surface area contributed by atoms with Crippen molar-refractivity contribution in [3.05, 3.63) is 47.4 Å². The fourth-order valence-corrected chi connectivity index (χ4v) is 3.82. The molecule has 8 nitrogen and oxygen atoms in total. The molecule has 0 spiro atoms. The SMILES string of the molecule is CN(C)S(=O)(=O)c1cc(NC(=O)CN(CCC#N)Cc2ccco2)ccc1Cl. The monoisotopic (exact) mass is 424 g/mol. The van der Waals surface area contributed by atoms with E-state index in [2.05, 4.69) is 11.4 Å². The van der Waals surface area contributed by atoms with Crippen molar-refractivity contribution in [1.82, 2.24) is 9.21 Å². The van der Waals surface area contributed by atoms with E-state index in [4.69, 9.17) is 21.3 Å². The van der Waals surface area contributed by atoms with Gasteiger partial charge in [0, 0.05) is 32.7 Å². The number of hydrogen-bond donors (Lipinski definition) is 1. The molecule has 0 aliphatic rings. The second-order valence-corrected chi connectivity index (χ2v) is 8.71. The first-order chi connectivity index (χ1) is 13.2. The van der Waals surface area contributed by atoms with Crippen LogP contribution in [0.25, 0.3) is 0 Å². The highest BCUT2D eigenvalue weighted by molar-refractivity contribution is 7.89. The smallest absolute Gasteiger partial charge is 0.244 e. The van der Waals surface area contributed by atoms with Crippen LogP contribution in [0, 0.1) is 11.3 Å². The molecule has 0 fully saturated rings. The van der Waals surface area contributed by atoms with Crippen LogP contribution in [-0.2, 0) is 21.4 Å². The summed E-state index contributed by atoms with van der Waals surface area (Å²) < 4.78 is 31.0. The Morgan fingerprint density at radius 3 is 2.68 bits per heavy atom. The van der Waals surface area contributed by atoms with Crippen molar-refractivity contribution in [3.8, 4) is 6.07 Å². The molecule has 1 aromatic carbocycles. The Balaban J connectivity index is 2.11. The van der Waals surface area contributed by atoms with E-state index in [0.717, 1.165) is 4.31 Å². The molecule has 0 saturated carbocycles. The zero-order valence-corrected chi connectivity index (χ0v) is 17.1. The maximum Gasteiger partial charge on any atom is 0.244 e. The third-order valence-corrected chi connectivity index (χ3v) is 6.14. The Kier molecular flexibility index (Phi) is 7.60. The van der Waals surface area contributed by atoms with Crippen LogP contribution in [0.4, 0.5) is 5.69 Å². The molecular weight excluding hydrogens is 404 g/mol. The fraction of sp³-hybridized carbons (Fsp3) is 0.333. The average Bonchev–Trinajstić information content (AvgIpc) is 3.14. The Hall–Kier alpha value is -2.38. The van der Waals surface area contributed by atoms with E-state index in [1.807, 2.05) is 0 Å². The lowest BCUT2D eigenvalue weighted by molar-refractivity contribution is -0.117. The molecule has 1 heterocycles. The van der Waals surface area contributed by atoms with Crippen LogP contribution < -0.4 is 5.32 Å². The number of nitriles is 1. The summed E-state index contributed by atoms with van der Waals surface area (Å²) in [5.74, 6) is 0.330. The highest BCUT2D eigenvalue weighted by atomic mass is 35.5. The third kappa shape index (κ3) is 5.81. The molecule has 0 radical (unpaired) electrons. The van der Waals surface area contributed by atoms with Crippen LogP contribution in [0.1, 0.15) is 12.2 Å². The molecule has 0 aliphatic carbocycles. The molecular formula is C18H21ClN4O4S. The normalized spacial score (nSPS) is 11.6. The molecule has 1 aromatic heterocycles. The lowest BCUT2D eigenvalue weighted by atomic mass is 10.3. The Labute approximate surface area is 169 Å². The van der Waals surface area contributed by atoms with Gasteiger partial charge in [0.15, 0.2) is 0 Å². The Bertz CT molecular complexity index is 952. The Morgan fingerprint density at radius 2 is 2.07 bits per heavy atom. The van der Waals surface area contributed by atoms with Crippen LogP contribution in [0.5, 0.6) is 0 Å². The minimum atomic E-state index is -3.74. The number of nitrogens with one attached hydrogen (secondary N) is 1. The number of carbonyl (C=O) groups excluding carboxylic acids is 1. The van der Waals surface area contributed by atoms with Crippen molar-refractivity contribution in [1.29, 1.82) is 5.26 Å². The lowest BCUT2D eigenvalue weighted by Crippen LogP contribution is -2.33. The van der Waals surface area contributed by atoms with Gasteiger partial charge in [-0.25, -0.2) is 12.7 Å². The average molecular weight is 425 g/mol. The van der Waals surface area contributed by atoms with Gasteiger partial charge in [0.25, 0.3) is 0 Å². The van der Waals surface area contributed by atoms with Gasteiger partial charge in [-0.05, 0) is 30.3 Å². The molecule has 28 heavy (non-hydrogen) atoms. The minimum Gasteiger partial charge on any atom is -0.468 e. The molecule has 0 saturated heterocycles. The third-order valence-electron chi connectivity index (χ3n) is 3.84. The summed E-state index contributed by atoms with van der Waals surface area (Å²) in [6.45, 7) is 0.787. The summed E-state index contributed by atoms with van der Waals surface area (Å²) in [5, 5.41) is 11.6. The standard InChI is InChI=1S/C18H21ClN4O4S/c1-22(2)28(25,26)17-11-14(6-7-16(17)19)21-18(24)13-23(9-4-8-20)12-15-5-3-10-27-15/h3,5-7,10-11H,4,9,12-13H2,1-2H3,(H,21,24). The topological polar surface area (TPSA) is 107 Å². The first-order valence-electron chi connectivity index (χ1n) is 8.37. The number of carbonyl (C=O) groups is 1. The quantitative estimate of drug-likeness (QED) is 0.662. The van der Waals surface area contributed by atoms with Gasteiger partial charge in [0.2, 0.25) is 15.9 Å².